The highest BCUT2D eigenvalue weighted by Gasteiger charge is 2.34. The molecule has 0 saturated carbocycles. The minimum absolute atomic E-state index is 0.0536. The van der Waals surface area contributed by atoms with E-state index in [2.05, 4.69) is 5.32 Å². The molecule has 2 rings (SSSR count). The number of nitro benzene ring substituents is 1. The maximum atomic E-state index is 12.9. The van der Waals surface area contributed by atoms with E-state index < -0.39 is 20.9 Å². The van der Waals surface area contributed by atoms with Gasteiger partial charge in [0.05, 0.1) is 22.8 Å². The Morgan fingerprint density at radius 3 is 2.85 bits per heavy atom. The van der Waals surface area contributed by atoms with Crippen molar-refractivity contribution in [3.8, 4) is 5.75 Å². The molecule has 1 unspecified atom stereocenters. The number of piperidine rings is 1. The van der Waals surface area contributed by atoms with Gasteiger partial charge in [0.1, 0.15) is 0 Å². The molecule has 0 radical (unpaired) electrons. The topological polar surface area (TPSA) is 145 Å². The SMILES string of the molecule is COc1cc(S(=O)(=O)N2CCCC(C(=O)NCCN)C2)ccc1[N+](=O)[O-]. The van der Waals surface area contributed by atoms with Crippen molar-refractivity contribution in [2.24, 2.45) is 11.7 Å². The van der Waals surface area contributed by atoms with Crippen molar-refractivity contribution in [1.29, 1.82) is 0 Å². The molecule has 0 aliphatic carbocycles. The third kappa shape index (κ3) is 4.29. The van der Waals surface area contributed by atoms with Crippen molar-refractivity contribution in [1.82, 2.24) is 9.62 Å². The molecule has 0 bridgehead atoms. The van der Waals surface area contributed by atoms with Crippen LogP contribution in [0.25, 0.3) is 0 Å². The fraction of sp³-hybridized carbons (Fsp3) is 0.533. The minimum atomic E-state index is -3.90. The van der Waals surface area contributed by atoms with Crippen LogP contribution >= 0.6 is 0 Å². The zero-order valence-electron chi connectivity index (χ0n) is 14.4. The Hall–Kier alpha value is -2.24. The number of rotatable bonds is 7. The first-order chi connectivity index (χ1) is 12.3. The van der Waals surface area contributed by atoms with E-state index in [0.717, 1.165) is 12.1 Å². The van der Waals surface area contributed by atoms with Gasteiger partial charge in [-0.2, -0.15) is 4.31 Å². The lowest BCUT2D eigenvalue weighted by atomic mass is 9.99. The normalized spacial score (nSPS) is 18.3. The average Bonchev–Trinajstić information content (AvgIpc) is 2.65. The molecular weight excluding hydrogens is 364 g/mol. The highest BCUT2D eigenvalue weighted by atomic mass is 32.2. The van der Waals surface area contributed by atoms with E-state index in [4.69, 9.17) is 10.5 Å². The molecule has 0 spiro atoms. The molecule has 144 valence electrons. The van der Waals surface area contributed by atoms with Crippen molar-refractivity contribution in [3.63, 3.8) is 0 Å². The molecule has 1 saturated heterocycles. The number of hydrogen-bond acceptors (Lipinski definition) is 7. The Kier molecular flexibility index (Phi) is 6.51. The van der Waals surface area contributed by atoms with Gasteiger partial charge in [0.2, 0.25) is 15.9 Å². The summed E-state index contributed by atoms with van der Waals surface area (Å²) in [5, 5.41) is 13.6. The van der Waals surface area contributed by atoms with Crippen LogP contribution in [0.1, 0.15) is 12.8 Å². The largest absolute Gasteiger partial charge is 0.490 e. The summed E-state index contributed by atoms with van der Waals surface area (Å²) in [4.78, 5) is 22.3. The second-order valence-corrected chi connectivity index (χ2v) is 7.81. The van der Waals surface area contributed by atoms with Crippen LogP contribution in [0.2, 0.25) is 0 Å². The summed E-state index contributed by atoms with van der Waals surface area (Å²) in [6, 6.07) is 3.40. The number of nitro groups is 1. The molecular formula is C15H22N4O6S. The Bertz CT molecular complexity index is 782. The Balaban J connectivity index is 2.23. The van der Waals surface area contributed by atoms with Crippen LogP contribution in [-0.2, 0) is 14.8 Å². The highest BCUT2D eigenvalue weighted by molar-refractivity contribution is 7.89. The van der Waals surface area contributed by atoms with Crippen molar-refractivity contribution < 1.29 is 22.9 Å². The van der Waals surface area contributed by atoms with Gasteiger partial charge in [-0.05, 0) is 18.9 Å². The lowest BCUT2D eigenvalue weighted by molar-refractivity contribution is -0.385. The Labute approximate surface area is 151 Å². The van der Waals surface area contributed by atoms with Gasteiger partial charge in [0.15, 0.2) is 5.75 Å². The van der Waals surface area contributed by atoms with Gasteiger partial charge in [-0.15, -0.1) is 0 Å². The van der Waals surface area contributed by atoms with E-state index in [1.165, 1.54) is 17.5 Å². The lowest BCUT2D eigenvalue weighted by Gasteiger charge is -2.31. The third-order valence-electron chi connectivity index (χ3n) is 4.18. The zero-order valence-corrected chi connectivity index (χ0v) is 15.2. The van der Waals surface area contributed by atoms with Crippen LogP contribution in [0.4, 0.5) is 5.69 Å². The Morgan fingerprint density at radius 1 is 1.50 bits per heavy atom. The van der Waals surface area contributed by atoms with Gasteiger partial charge in [-0.25, -0.2) is 8.42 Å². The van der Waals surface area contributed by atoms with E-state index >= 15 is 0 Å². The number of methoxy groups -OCH3 is 1. The summed E-state index contributed by atoms with van der Waals surface area (Å²) in [6.07, 6.45) is 1.13. The number of ether oxygens (including phenoxy) is 1. The van der Waals surface area contributed by atoms with Crippen molar-refractivity contribution >= 4 is 21.6 Å². The molecule has 1 aliphatic rings. The molecule has 1 atom stereocenters. The van der Waals surface area contributed by atoms with Crippen LogP contribution in [0.5, 0.6) is 5.75 Å². The van der Waals surface area contributed by atoms with Crippen molar-refractivity contribution in [2.75, 3.05) is 33.3 Å². The number of sulfonamides is 1. The fourth-order valence-corrected chi connectivity index (χ4v) is 4.37. The number of carbonyl (C=O) groups excluding carboxylic acids is 1. The third-order valence-corrected chi connectivity index (χ3v) is 6.05. The van der Waals surface area contributed by atoms with Gasteiger partial charge in [-0.1, -0.05) is 0 Å². The van der Waals surface area contributed by atoms with Crippen molar-refractivity contribution in [3.05, 3.63) is 28.3 Å². The molecule has 0 aromatic heterocycles. The van der Waals surface area contributed by atoms with E-state index in [0.29, 0.717) is 25.9 Å². The van der Waals surface area contributed by atoms with Crippen LogP contribution < -0.4 is 15.8 Å². The maximum Gasteiger partial charge on any atom is 0.310 e. The van der Waals surface area contributed by atoms with E-state index in [1.54, 1.807) is 0 Å². The van der Waals surface area contributed by atoms with Crippen LogP contribution in [0, 0.1) is 16.0 Å². The number of hydrogen-bond donors (Lipinski definition) is 2. The zero-order chi connectivity index (χ0) is 19.3. The molecule has 11 heteroatoms. The van der Waals surface area contributed by atoms with Crippen molar-refractivity contribution in [2.45, 2.75) is 17.7 Å². The van der Waals surface area contributed by atoms with Crippen LogP contribution in [0.3, 0.4) is 0 Å². The first-order valence-corrected chi connectivity index (χ1v) is 9.55. The van der Waals surface area contributed by atoms with Crippen LogP contribution in [-0.4, -0.2) is 56.8 Å². The number of nitrogens with zero attached hydrogens (tertiary/aromatic N) is 2. The maximum absolute atomic E-state index is 12.9. The molecule has 1 heterocycles. The van der Waals surface area contributed by atoms with E-state index in [-0.39, 0.29) is 35.3 Å². The molecule has 10 nitrogen and oxygen atoms in total. The predicted octanol–water partition coefficient (Wildman–Crippen LogP) is 0.0790. The predicted molar refractivity (Wildman–Crippen MR) is 93.2 cm³/mol. The number of benzene rings is 1. The molecule has 1 aliphatic heterocycles. The number of amides is 1. The van der Waals surface area contributed by atoms with Gasteiger partial charge >= 0.3 is 5.69 Å². The highest BCUT2D eigenvalue weighted by Crippen LogP contribution is 2.31. The summed E-state index contributed by atoms with van der Waals surface area (Å²) < 4.78 is 31.9. The molecule has 1 aromatic carbocycles. The first kappa shape index (κ1) is 20.1. The fourth-order valence-electron chi connectivity index (χ4n) is 2.83. The van der Waals surface area contributed by atoms with Gasteiger partial charge in [-0.3, -0.25) is 14.9 Å². The van der Waals surface area contributed by atoms with Crippen LogP contribution in [0.15, 0.2) is 23.1 Å². The quantitative estimate of drug-likeness (QED) is 0.498. The molecule has 3 N–H and O–H groups in total. The monoisotopic (exact) mass is 386 g/mol. The Morgan fingerprint density at radius 2 is 2.23 bits per heavy atom. The molecule has 1 fully saturated rings. The first-order valence-electron chi connectivity index (χ1n) is 8.11. The second-order valence-electron chi connectivity index (χ2n) is 5.87. The summed E-state index contributed by atoms with van der Waals surface area (Å²) in [7, 11) is -2.66. The number of carbonyl (C=O) groups is 1. The van der Waals surface area contributed by atoms with Gasteiger partial charge < -0.3 is 15.8 Å². The molecule has 26 heavy (non-hydrogen) atoms. The standard InChI is InChI=1S/C15H22N4O6S/c1-25-14-9-12(4-5-13(14)19(21)22)26(23,24)18-8-2-3-11(10-18)15(20)17-7-6-16/h4-5,9,11H,2-3,6-8,10,16H2,1H3,(H,17,20). The minimum Gasteiger partial charge on any atom is -0.490 e. The average molecular weight is 386 g/mol. The van der Waals surface area contributed by atoms with E-state index in [1.807, 2.05) is 0 Å². The smallest absolute Gasteiger partial charge is 0.310 e. The van der Waals surface area contributed by atoms with Gasteiger partial charge in [0.25, 0.3) is 0 Å². The lowest BCUT2D eigenvalue weighted by Crippen LogP contribution is -2.46. The summed E-state index contributed by atoms with van der Waals surface area (Å²) in [6.45, 7) is 0.977. The van der Waals surface area contributed by atoms with Gasteiger partial charge in [0, 0.05) is 38.3 Å². The second kappa shape index (κ2) is 8.43. The molecule has 1 aromatic rings. The number of nitrogens with two attached hydrogens (primary N) is 1. The van der Waals surface area contributed by atoms with E-state index in [9.17, 15) is 23.3 Å². The summed E-state index contributed by atoms with van der Waals surface area (Å²) in [5.74, 6) is -0.813. The number of nitrogens with one attached hydrogen (secondary N) is 1. The molecule has 1 amide bonds. The summed E-state index contributed by atoms with van der Waals surface area (Å²) >= 11 is 0. The summed E-state index contributed by atoms with van der Waals surface area (Å²) in [5.41, 5.74) is 5.04.